The number of hydrogen-bond acceptors (Lipinski definition) is 3. The molecule has 20 heavy (non-hydrogen) atoms. The average molecular weight is 274 g/mol. The van der Waals surface area contributed by atoms with Gasteiger partial charge in [0.1, 0.15) is 11.6 Å². The van der Waals surface area contributed by atoms with Crippen molar-refractivity contribution < 1.29 is 9.13 Å². The van der Waals surface area contributed by atoms with E-state index in [4.69, 9.17) is 4.74 Å². The van der Waals surface area contributed by atoms with E-state index in [-0.39, 0.29) is 5.82 Å². The molecule has 1 aromatic heterocycles. The molecule has 2 aromatic rings. The summed E-state index contributed by atoms with van der Waals surface area (Å²) in [6, 6.07) is 9.30. The van der Waals surface area contributed by atoms with Crippen molar-refractivity contribution in [1.29, 1.82) is 0 Å². The zero-order valence-corrected chi connectivity index (χ0v) is 11.8. The van der Waals surface area contributed by atoms with E-state index in [1.165, 1.54) is 17.8 Å². The zero-order valence-electron chi connectivity index (χ0n) is 11.8. The maximum absolute atomic E-state index is 13.3. The van der Waals surface area contributed by atoms with E-state index in [0.717, 1.165) is 18.7 Å². The van der Waals surface area contributed by atoms with Gasteiger partial charge in [-0.15, -0.1) is 0 Å². The van der Waals surface area contributed by atoms with Crippen LogP contribution in [0, 0.1) is 5.82 Å². The normalized spacial score (nSPS) is 10.6. The fourth-order valence-corrected chi connectivity index (χ4v) is 1.89. The predicted octanol–water partition coefficient (Wildman–Crippen LogP) is 3.68. The lowest BCUT2D eigenvalue weighted by molar-refractivity contribution is 0.448. The highest BCUT2D eigenvalue weighted by Crippen LogP contribution is 2.24. The monoisotopic (exact) mass is 274 g/mol. The van der Waals surface area contributed by atoms with Crippen LogP contribution in [0.4, 0.5) is 4.39 Å². The quantitative estimate of drug-likeness (QED) is 0.872. The Bertz CT molecular complexity index is 572. The molecule has 0 atom stereocenters. The Morgan fingerprint density at radius 2 is 2.10 bits per heavy atom. The number of ether oxygens (including phenoxy) is 1. The van der Waals surface area contributed by atoms with Crippen LogP contribution in [0.3, 0.4) is 0 Å². The SMILES string of the molecule is CCNCc1cc(F)cnc1Oc1cccc(CC)c1. The third kappa shape index (κ3) is 3.78. The summed E-state index contributed by atoms with van der Waals surface area (Å²) in [5.74, 6) is 0.814. The molecule has 0 aliphatic heterocycles. The van der Waals surface area contributed by atoms with Gasteiger partial charge in [-0.1, -0.05) is 26.0 Å². The van der Waals surface area contributed by atoms with Crippen molar-refractivity contribution in [3.63, 3.8) is 0 Å². The Balaban J connectivity index is 2.22. The van der Waals surface area contributed by atoms with Gasteiger partial charge in [0, 0.05) is 12.1 Å². The van der Waals surface area contributed by atoms with Crippen LogP contribution in [0.5, 0.6) is 11.6 Å². The van der Waals surface area contributed by atoms with Crippen molar-refractivity contribution in [3.05, 3.63) is 53.5 Å². The summed E-state index contributed by atoms with van der Waals surface area (Å²) in [6.45, 7) is 5.43. The van der Waals surface area contributed by atoms with Crippen molar-refractivity contribution in [2.24, 2.45) is 0 Å². The minimum atomic E-state index is -0.354. The van der Waals surface area contributed by atoms with Crippen molar-refractivity contribution in [2.45, 2.75) is 26.8 Å². The molecular weight excluding hydrogens is 255 g/mol. The number of halogens is 1. The molecule has 1 aromatic carbocycles. The lowest BCUT2D eigenvalue weighted by Gasteiger charge is -2.11. The smallest absolute Gasteiger partial charge is 0.223 e. The van der Waals surface area contributed by atoms with Gasteiger partial charge in [-0.05, 0) is 36.7 Å². The second kappa shape index (κ2) is 7.01. The number of nitrogens with zero attached hydrogens (tertiary/aromatic N) is 1. The summed E-state index contributed by atoms with van der Waals surface area (Å²) in [5, 5.41) is 3.15. The van der Waals surface area contributed by atoms with E-state index in [2.05, 4.69) is 17.2 Å². The summed E-state index contributed by atoms with van der Waals surface area (Å²) in [6.07, 6.45) is 2.12. The number of aryl methyl sites for hydroxylation is 1. The molecule has 2 rings (SSSR count). The molecule has 0 saturated heterocycles. The molecule has 0 saturated carbocycles. The molecule has 4 heteroatoms. The third-order valence-corrected chi connectivity index (χ3v) is 2.98. The molecule has 0 unspecified atom stereocenters. The van der Waals surface area contributed by atoms with Crippen LogP contribution >= 0.6 is 0 Å². The molecule has 0 spiro atoms. The maximum atomic E-state index is 13.3. The largest absolute Gasteiger partial charge is 0.439 e. The topological polar surface area (TPSA) is 34.2 Å². The van der Waals surface area contributed by atoms with Crippen LogP contribution in [0.1, 0.15) is 25.0 Å². The first-order chi connectivity index (χ1) is 9.72. The van der Waals surface area contributed by atoms with Gasteiger partial charge >= 0.3 is 0 Å². The molecular formula is C16H19FN2O. The van der Waals surface area contributed by atoms with Crippen LogP contribution in [0.15, 0.2) is 36.5 Å². The highest BCUT2D eigenvalue weighted by Gasteiger charge is 2.08. The number of rotatable bonds is 6. The average Bonchev–Trinajstić information content (AvgIpc) is 2.47. The highest BCUT2D eigenvalue weighted by atomic mass is 19.1. The second-order valence-electron chi connectivity index (χ2n) is 4.50. The van der Waals surface area contributed by atoms with Gasteiger partial charge in [0.2, 0.25) is 5.88 Å². The number of nitrogens with one attached hydrogen (secondary N) is 1. The number of aromatic nitrogens is 1. The van der Waals surface area contributed by atoms with Crippen LogP contribution in [-0.2, 0) is 13.0 Å². The standard InChI is InChI=1S/C16H19FN2O/c1-3-12-6-5-7-15(8-12)20-16-13(10-18-4-2)9-14(17)11-19-16/h5-9,11,18H,3-4,10H2,1-2H3. The minimum Gasteiger partial charge on any atom is -0.439 e. The highest BCUT2D eigenvalue weighted by molar-refractivity contribution is 5.34. The van der Waals surface area contributed by atoms with Gasteiger partial charge in [-0.3, -0.25) is 0 Å². The van der Waals surface area contributed by atoms with Gasteiger partial charge in [0.15, 0.2) is 0 Å². The zero-order chi connectivity index (χ0) is 14.4. The van der Waals surface area contributed by atoms with E-state index >= 15 is 0 Å². The first-order valence-corrected chi connectivity index (χ1v) is 6.84. The van der Waals surface area contributed by atoms with Crippen molar-refractivity contribution in [2.75, 3.05) is 6.54 Å². The Morgan fingerprint density at radius 1 is 1.25 bits per heavy atom. The van der Waals surface area contributed by atoms with Crippen LogP contribution in [0.2, 0.25) is 0 Å². The molecule has 3 nitrogen and oxygen atoms in total. The van der Waals surface area contributed by atoms with Crippen LogP contribution in [-0.4, -0.2) is 11.5 Å². The molecule has 1 heterocycles. The molecule has 106 valence electrons. The summed E-state index contributed by atoms with van der Waals surface area (Å²) in [4.78, 5) is 4.04. The predicted molar refractivity (Wildman–Crippen MR) is 77.5 cm³/mol. The van der Waals surface area contributed by atoms with E-state index in [9.17, 15) is 4.39 Å². The summed E-state index contributed by atoms with van der Waals surface area (Å²) >= 11 is 0. The summed E-state index contributed by atoms with van der Waals surface area (Å²) in [5.41, 5.74) is 1.91. The van der Waals surface area contributed by atoms with Gasteiger partial charge in [-0.2, -0.15) is 0 Å². The van der Waals surface area contributed by atoms with Gasteiger partial charge in [-0.25, -0.2) is 9.37 Å². The van der Waals surface area contributed by atoms with E-state index < -0.39 is 0 Å². The fraction of sp³-hybridized carbons (Fsp3) is 0.312. The molecule has 0 bridgehead atoms. The van der Waals surface area contributed by atoms with E-state index in [1.807, 2.05) is 31.2 Å². The van der Waals surface area contributed by atoms with Crippen LogP contribution < -0.4 is 10.1 Å². The lowest BCUT2D eigenvalue weighted by Crippen LogP contribution is -2.13. The fourth-order valence-electron chi connectivity index (χ4n) is 1.89. The lowest BCUT2D eigenvalue weighted by atomic mass is 10.2. The number of hydrogen-bond donors (Lipinski definition) is 1. The third-order valence-electron chi connectivity index (χ3n) is 2.98. The van der Waals surface area contributed by atoms with Crippen molar-refractivity contribution in [3.8, 4) is 11.6 Å². The van der Waals surface area contributed by atoms with E-state index in [1.54, 1.807) is 0 Å². The molecule has 0 fully saturated rings. The van der Waals surface area contributed by atoms with Gasteiger partial charge in [0.25, 0.3) is 0 Å². The Kier molecular flexibility index (Phi) is 5.07. The Morgan fingerprint density at radius 3 is 2.85 bits per heavy atom. The van der Waals surface area contributed by atoms with E-state index in [0.29, 0.717) is 18.0 Å². The maximum Gasteiger partial charge on any atom is 0.223 e. The van der Waals surface area contributed by atoms with Gasteiger partial charge in [0.05, 0.1) is 6.20 Å². The first kappa shape index (κ1) is 14.5. The first-order valence-electron chi connectivity index (χ1n) is 6.84. The molecule has 0 aliphatic carbocycles. The van der Waals surface area contributed by atoms with Crippen molar-refractivity contribution in [1.82, 2.24) is 10.3 Å². The summed E-state index contributed by atoms with van der Waals surface area (Å²) in [7, 11) is 0. The Hall–Kier alpha value is -1.94. The molecule has 0 amide bonds. The second-order valence-corrected chi connectivity index (χ2v) is 4.50. The number of benzene rings is 1. The van der Waals surface area contributed by atoms with Gasteiger partial charge < -0.3 is 10.1 Å². The molecule has 0 radical (unpaired) electrons. The van der Waals surface area contributed by atoms with Crippen molar-refractivity contribution >= 4 is 0 Å². The van der Waals surface area contributed by atoms with Crippen LogP contribution in [0.25, 0.3) is 0 Å². The molecule has 1 N–H and O–H groups in total. The molecule has 0 aliphatic rings. The summed E-state index contributed by atoms with van der Waals surface area (Å²) < 4.78 is 19.1. The number of pyridine rings is 1. The Labute approximate surface area is 118 Å². The minimum absolute atomic E-state index is 0.354.